The molecule has 0 bridgehead atoms. The van der Waals surface area contributed by atoms with E-state index in [0.717, 1.165) is 10.0 Å². The van der Waals surface area contributed by atoms with Gasteiger partial charge in [-0.2, -0.15) is 0 Å². The lowest BCUT2D eigenvalue weighted by atomic mass is 10.2. The normalized spacial score (nSPS) is 10.5. The van der Waals surface area contributed by atoms with Gasteiger partial charge in [0.1, 0.15) is 5.75 Å². The Kier molecular flexibility index (Phi) is 5.28. The maximum absolute atomic E-state index is 11.3. The molecule has 94 valence electrons. The molecule has 0 saturated carbocycles. The van der Waals surface area contributed by atoms with E-state index < -0.39 is 5.97 Å². The van der Waals surface area contributed by atoms with E-state index in [4.69, 9.17) is 21.1 Å². The first kappa shape index (κ1) is 14.3. The van der Waals surface area contributed by atoms with E-state index in [0.29, 0.717) is 10.8 Å². The number of carbonyl (C=O) groups is 1. The quantitative estimate of drug-likeness (QED) is 0.793. The minimum absolute atomic E-state index is 0.139. The molecule has 0 unspecified atom stereocenters. The fourth-order valence-electron chi connectivity index (χ4n) is 1.30. The lowest BCUT2D eigenvalue weighted by Gasteiger charge is -2.12. The number of ether oxygens (including phenoxy) is 2. The van der Waals surface area contributed by atoms with E-state index in [-0.39, 0.29) is 12.7 Å². The first-order valence-corrected chi connectivity index (χ1v) is 6.35. The van der Waals surface area contributed by atoms with Crippen LogP contribution < -0.4 is 4.74 Å². The SMILES string of the molecule is Cc1cc(Br)cc(Cl)c1OCC(=O)OC(C)C. The second-order valence-corrected chi connectivity index (χ2v) is 5.18. The van der Waals surface area contributed by atoms with E-state index in [1.54, 1.807) is 19.9 Å². The summed E-state index contributed by atoms with van der Waals surface area (Å²) < 4.78 is 11.2. The largest absolute Gasteiger partial charge is 0.480 e. The highest BCUT2D eigenvalue weighted by molar-refractivity contribution is 9.10. The zero-order chi connectivity index (χ0) is 13.0. The average Bonchev–Trinajstić information content (AvgIpc) is 2.14. The van der Waals surface area contributed by atoms with Crippen LogP contribution in [0.1, 0.15) is 19.4 Å². The minimum Gasteiger partial charge on any atom is -0.480 e. The lowest BCUT2D eigenvalue weighted by Crippen LogP contribution is -2.19. The van der Waals surface area contributed by atoms with Crippen LogP contribution in [0.15, 0.2) is 16.6 Å². The van der Waals surface area contributed by atoms with Crippen LogP contribution in [0.2, 0.25) is 5.02 Å². The molecule has 0 heterocycles. The van der Waals surface area contributed by atoms with Gasteiger partial charge in [0.2, 0.25) is 0 Å². The minimum atomic E-state index is -0.404. The number of hydrogen-bond acceptors (Lipinski definition) is 3. The summed E-state index contributed by atoms with van der Waals surface area (Å²) in [4.78, 5) is 11.3. The molecular weight excluding hydrogens is 307 g/mol. The van der Waals surface area contributed by atoms with Crippen LogP contribution in [-0.2, 0) is 9.53 Å². The van der Waals surface area contributed by atoms with Crippen molar-refractivity contribution < 1.29 is 14.3 Å². The summed E-state index contributed by atoms with van der Waals surface area (Å²) in [6, 6.07) is 3.59. The topological polar surface area (TPSA) is 35.5 Å². The highest BCUT2D eigenvalue weighted by atomic mass is 79.9. The van der Waals surface area contributed by atoms with E-state index in [1.165, 1.54) is 0 Å². The summed E-state index contributed by atoms with van der Waals surface area (Å²) in [7, 11) is 0. The first-order valence-electron chi connectivity index (χ1n) is 5.18. The number of halogens is 2. The number of carbonyl (C=O) groups excluding carboxylic acids is 1. The van der Waals surface area contributed by atoms with Crippen LogP contribution in [0.3, 0.4) is 0 Å². The van der Waals surface area contributed by atoms with Gasteiger partial charge in [-0.05, 0) is 38.5 Å². The van der Waals surface area contributed by atoms with Crippen molar-refractivity contribution in [2.24, 2.45) is 0 Å². The molecule has 3 nitrogen and oxygen atoms in total. The van der Waals surface area contributed by atoms with Gasteiger partial charge < -0.3 is 9.47 Å². The summed E-state index contributed by atoms with van der Waals surface area (Å²) in [5.41, 5.74) is 0.863. The molecule has 1 rings (SSSR count). The number of hydrogen-bond donors (Lipinski definition) is 0. The Morgan fingerprint density at radius 2 is 2.12 bits per heavy atom. The lowest BCUT2D eigenvalue weighted by molar-refractivity contribution is -0.149. The molecule has 0 amide bonds. The molecular formula is C12H14BrClO3. The molecule has 0 spiro atoms. The van der Waals surface area contributed by atoms with Gasteiger partial charge in [-0.25, -0.2) is 4.79 Å². The monoisotopic (exact) mass is 320 g/mol. The molecule has 0 radical (unpaired) electrons. The predicted octanol–water partition coefficient (Wildman–Crippen LogP) is 3.74. The van der Waals surface area contributed by atoms with Crippen LogP contribution in [0.4, 0.5) is 0 Å². The number of esters is 1. The fraction of sp³-hybridized carbons (Fsp3) is 0.417. The van der Waals surface area contributed by atoms with Crippen molar-refractivity contribution in [3.05, 3.63) is 27.2 Å². The molecule has 0 aliphatic carbocycles. The maximum atomic E-state index is 11.3. The van der Waals surface area contributed by atoms with Crippen LogP contribution in [0, 0.1) is 6.92 Å². The van der Waals surface area contributed by atoms with Crippen molar-refractivity contribution in [3.63, 3.8) is 0 Å². The highest BCUT2D eigenvalue weighted by Gasteiger charge is 2.11. The first-order chi connectivity index (χ1) is 7.90. The van der Waals surface area contributed by atoms with Gasteiger partial charge in [-0.1, -0.05) is 27.5 Å². The van der Waals surface area contributed by atoms with E-state index in [9.17, 15) is 4.79 Å². The van der Waals surface area contributed by atoms with Crippen molar-refractivity contribution in [3.8, 4) is 5.75 Å². The van der Waals surface area contributed by atoms with Crippen LogP contribution >= 0.6 is 27.5 Å². The molecule has 0 fully saturated rings. The summed E-state index contributed by atoms with van der Waals surface area (Å²) in [6.45, 7) is 5.30. The second-order valence-electron chi connectivity index (χ2n) is 3.86. The molecule has 0 saturated heterocycles. The highest BCUT2D eigenvalue weighted by Crippen LogP contribution is 2.31. The number of aryl methyl sites for hydroxylation is 1. The third kappa shape index (κ3) is 4.56. The zero-order valence-corrected chi connectivity index (χ0v) is 12.3. The molecule has 0 aromatic heterocycles. The Hall–Kier alpha value is -0.740. The Morgan fingerprint density at radius 3 is 2.65 bits per heavy atom. The van der Waals surface area contributed by atoms with Crippen molar-refractivity contribution in [1.82, 2.24) is 0 Å². The van der Waals surface area contributed by atoms with Gasteiger partial charge in [0.15, 0.2) is 6.61 Å². The van der Waals surface area contributed by atoms with Gasteiger partial charge in [-0.15, -0.1) is 0 Å². The summed E-state index contributed by atoms with van der Waals surface area (Å²) in [6.07, 6.45) is -0.146. The van der Waals surface area contributed by atoms with Crippen LogP contribution in [0.5, 0.6) is 5.75 Å². The predicted molar refractivity (Wildman–Crippen MR) is 70.6 cm³/mol. The molecule has 0 aliphatic rings. The molecule has 5 heteroatoms. The maximum Gasteiger partial charge on any atom is 0.344 e. The fourth-order valence-corrected chi connectivity index (χ4v) is 2.33. The molecule has 1 aromatic rings. The van der Waals surface area contributed by atoms with Crippen molar-refractivity contribution in [1.29, 1.82) is 0 Å². The van der Waals surface area contributed by atoms with Gasteiger partial charge in [0.25, 0.3) is 0 Å². The van der Waals surface area contributed by atoms with Gasteiger partial charge >= 0.3 is 5.97 Å². The Balaban J connectivity index is 2.67. The second kappa shape index (κ2) is 6.26. The summed E-state index contributed by atoms with van der Waals surface area (Å²) in [5, 5.41) is 0.467. The summed E-state index contributed by atoms with van der Waals surface area (Å²) >= 11 is 9.35. The molecule has 0 aliphatic heterocycles. The standard InChI is InChI=1S/C12H14BrClO3/c1-7(2)17-11(15)6-16-12-8(3)4-9(13)5-10(12)14/h4-5,7H,6H2,1-3H3. The van der Waals surface area contributed by atoms with Crippen LogP contribution in [-0.4, -0.2) is 18.7 Å². The van der Waals surface area contributed by atoms with E-state index in [2.05, 4.69) is 15.9 Å². The zero-order valence-electron chi connectivity index (χ0n) is 9.92. The van der Waals surface area contributed by atoms with Gasteiger partial charge in [0, 0.05) is 4.47 Å². The Bertz CT molecular complexity index is 395. The molecule has 17 heavy (non-hydrogen) atoms. The third-order valence-electron chi connectivity index (χ3n) is 1.90. The Morgan fingerprint density at radius 1 is 1.47 bits per heavy atom. The number of benzene rings is 1. The van der Waals surface area contributed by atoms with Crippen molar-refractivity contribution in [2.45, 2.75) is 26.9 Å². The molecule has 0 N–H and O–H groups in total. The van der Waals surface area contributed by atoms with Gasteiger partial charge in [-0.3, -0.25) is 0 Å². The van der Waals surface area contributed by atoms with Crippen LogP contribution in [0.25, 0.3) is 0 Å². The number of rotatable bonds is 4. The molecule has 1 aromatic carbocycles. The van der Waals surface area contributed by atoms with Gasteiger partial charge in [0.05, 0.1) is 11.1 Å². The third-order valence-corrected chi connectivity index (χ3v) is 2.63. The molecule has 0 atom stereocenters. The van der Waals surface area contributed by atoms with Crippen molar-refractivity contribution in [2.75, 3.05) is 6.61 Å². The van der Waals surface area contributed by atoms with E-state index >= 15 is 0 Å². The smallest absolute Gasteiger partial charge is 0.344 e. The average molecular weight is 322 g/mol. The van der Waals surface area contributed by atoms with Crippen molar-refractivity contribution >= 4 is 33.5 Å². The Labute approximate surface area is 114 Å². The van der Waals surface area contributed by atoms with E-state index in [1.807, 2.05) is 13.0 Å². The summed E-state index contributed by atoms with van der Waals surface area (Å²) in [5.74, 6) is 0.106.